The van der Waals surface area contributed by atoms with Crippen molar-refractivity contribution in [3.63, 3.8) is 0 Å². The highest BCUT2D eigenvalue weighted by atomic mass is 32.2. The lowest BCUT2D eigenvalue weighted by Crippen LogP contribution is -2.05. The first-order valence-electron chi connectivity index (χ1n) is 9.31. The van der Waals surface area contributed by atoms with Gasteiger partial charge < -0.3 is 4.74 Å². The molecule has 1 heterocycles. The summed E-state index contributed by atoms with van der Waals surface area (Å²) >= 11 is 1.29. The maximum Gasteiger partial charge on any atom is 0.416 e. The van der Waals surface area contributed by atoms with E-state index in [4.69, 9.17) is 4.74 Å². The van der Waals surface area contributed by atoms with Crippen molar-refractivity contribution in [1.29, 1.82) is 0 Å². The van der Waals surface area contributed by atoms with Gasteiger partial charge in [0.1, 0.15) is 5.75 Å². The zero-order valence-electron chi connectivity index (χ0n) is 16.2. The average Bonchev–Trinajstić information content (AvgIpc) is 2.72. The molecule has 152 valence electrons. The zero-order chi connectivity index (χ0) is 20.9. The molecule has 0 saturated heterocycles. The molecule has 0 fully saturated rings. The van der Waals surface area contributed by atoms with Gasteiger partial charge in [0.25, 0.3) is 0 Å². The molecular formula is C22H21F3N2OS. The van der Waals surface area contributed by atoms with Gasteiger partial charge in [0, 0.05) is 17.5 Å². The summed E-state index contributed by atoms with van der Waals surface area (Å²) in [5, 5.41) is 0.475. The third kappa shape index (κ3) is 5.97. The number of nitrogens with zero attached hydrogens (tertiary/aromatic N) is 2. The number of benzene rings is 2. The van der Waals surface area contributed by atoms with Crippen molar-refractivity contribution in [2.75, 3.05) is 0 Å². The third-order valence-electron chi connectivity index (χ3n) is 4.25. The van der Waals surface area contributed by atoms with Gasteiger partial charge >= 0.3 is 6.18 Å². The van der Waals surface area contributed by atoms with Crippen molar-refractivity contribution in [3.05, 3.63) is 77.0 Å². The Hall–Kier alpha value is -2.54. The Bertz CT molecular complexity index is 976. The molecule has 0 bridgehead atoms. The van der Waals surface area contributed by atoms with Crippen LogP contribution in [0.2, 0.25) is 0 Å². The fourth-order valence-electron chi connectivity index (χ4n) is 2.68. The summed E-state index contributed by atoms with van der Waals surface area (Å²) in [7, 11) is 0. The molecule has 0 aliphatic rings. The van der Waals surface area contributed by atoms with Crippen LogP contribution in [0.3, 0.4) is 0 Å². The maximum absolute atomic E-state index is 12.9. The van der Waals surface area contributed by atoms with Gasteiger partial charge in [0.15, 0.2) is 5.16 Å². The minimum Gasteiger partial charge on any atom is -0.439 e. The van der Waals surface area contributed by atoms with Crippen LogP contribution >= 0.6 is 11.8 Å². The van der Waals surface area contributed by atoms with Crippen molar-refractivity contribution in [2.24, 2.45) is 0 Å². The Balaban J connectivity index is 1.77. The number of aromatic nitrogens is 2. The topological polar surface area (TPSA) is 35.0 Å². The molecule has 3 rings (SSSR count). The van der Waals surface area contributed by atoms with Gasteiger partial charge in [-0.05, 0) is 42.2 Å². The van der Waals surface area contributed by atoms with Crippen LogP contribution in [0.1, 0.15) is 36.2 Å². The Labute approximate surface area is 172 Å². The smallest absolute Gasteiger partial charge is 0.416 e. The minimum absolute atomic E-state index is 0.335. The summed E-state index contributed by atoms with van der Waals surface area (Å²) in [5.41, 5.74) is 1.88. The molecule has 0 unspecified atom stereocenters. The van der Waals surface area contributed by atoms with E-state index >= 15 is 0 Å². The fraction of sp³-hybridized carbons (Fsp3) is 0.273. The lowest BCUT2D eigenvalue weighted by atomic mass is 10.1. The maximum atomic E-state index is 12.9. The quantitative estimate of drug-likeness (QED) is 0.316. The third-order valence-corrected chi connectivity index (χ3v) is 5.17. The van der Waals surface area contributed by atoms with Crippen molar-refractivity contribution in [2.45, 2.75) is 43.8 Å². The first-order valence-corrected chi connectivity index (χ1v) is 10.3. The van der Waals surface area contributed by atoms with E-state index in [1.807, 2.05) is 31.2 Å². The summed E-state index contributed by atoms with van der Waals surface area (Å²) < 4.78 is 44.6. The van der Waals surface area contributed by atoms with E-state index in [1.165, 1.54) is 17.8 Å². The number of hydrogen-bond donors (Lipinski definition) is 0. The monoisotopic (exact) mass is 418 g/mol. The van der Waals surface area contributed by atoms with E-state index in [1.54, 1.807) is 12.1 Å². The van der Waals surface area contributed by atoms with Gasteiger partial charge in [-0.15, -0.1) is 0 Å². The molecule has 0 amide bonds. The molecule has 1 aromatic heterocycles. The summed E-state index contributed by atoms with van der Waals surface area (Å²) in [6.45, 7) is 4.05. The molecular weight excluding hydrogens is 397 g/mol. The van der Waals surface area contributed by atoms with E-state index in [9.17, 15) is 13.2 Å². The van der Waals surface area contributed by atoms with Crippen molar-refractivity contribution < 1.29 is 17.9 Å². The van der Waals surface area contributed by atoms with E-state index in [0.29, 0.717) is 34.5 Å². The second kappa shape index (κ2) is 9.31. The highest BCUT2D eigenvalue weighted by Gasteiger charge is 2.30. The van der Waals surface area contributed by atoms with E-state index < -0.39 is 11.7 Å². The van der Waals surface area contributed by atoms with Crippen LogP contribution in [0.5, 0.6) is 11.6 Å². The molecule has 0 saturated carbocycles. The normalized spacial score (nSPS) is 11.5. The van der Waals surface area contributed by atoms with E-state index in [-0.39, 0.29) is 0 Å². The number of halogens is 3. The number of aryl methyl sites for hydroxylation is 2. The largest absolute Gasteiger partial charge is 0.439 e. The number of ether oxygens (including phenoxy) is 1. The van der Waals surface area contributed by atoms with Crippen LogP contribution in [0.4, 0.5) is 13.2 Å². The second-order valence-electron chi connectivity index (χ2n) is 6.42. The van der Waals surface area contributed by atoms with Gasteiger partial charge in [-0.25, -0.2) is 4.98 Å². The number of alkyl halides is 3. The predicted molar refractivity (Wildman–Crippen MR) is 108 cm³/mol. The highest BCUT2D eigenvalue weighted by Crippen LogP contribution is 2.31. The van der Waals surface area contributed by atoms with E-state index in [0.717, 1.165) is 29.8 Å². The van der Waals surface area contributed by atoms with Crippen molar-refractivity contribution >= 4 is 11.8 Å². The van der Waals surface area contributed by atoms with Crippen molar-refractivity contribution in [1.82, 2.24) is 9.97 Å². The molecule has 0 aliphatic carbocycles. The average molecular weight is 418 g/mol. The van der Waals surface area contributed by atoms with Gasteiger partial charge in [-0.2, -0.15) is 18.2 Å². The molecule has 3 nitrogen and oxygen atoms in total. The summed E-state index contributed by atoms with van der Waals surface area (Å²) in [6, 6.07) is 14.9. The van der Waals surface area contributed by atoms with Crippen LogP contribution < -0.4 is 4.74 Å². The molecule has 2 aromatic carbocycles. The Morgan fingerprint density at radius 3 is 2.38 bits per heavy atom. The Morgan fingerprint density at radius 1 is 0.897 bits per heavy atom. The van der Waals surface area contributed by atoms with E-state index in [2.05, 4.69) is 16.9 Å². The molecule has 0 spiro atoms. The second-order valence-corrected chi connectivity index (χ2v) is 7.37. The van der Waals surface area contributed by atoms with Crippen molar-refractivity contribution in [3.8, 4) is 11.6 Å². The number of hydrogen-bond acceptors (Lipinski definition) is 4. The van der Waals surface area contributed by atoms with Crippen LogP contribution in [0.15, 0.2) is 59.8 Å². The molecule has 0 N–H and O–H groups in total. The van der Waals surface area contributed by atoms with Crippen LogP contribution in [0.25, 0.3) is 0 Å². The van der Waals surface area contributed by atoms with Crippen LogP contribution in [-0.4, -0.2) is 9.97 Å². The summed E-state index contributed by atoms with van der Waals surface area (Å²) in [6.07, 6.45) is -2.75. The minimum atomic E-state index is -4.35. The first kappa shape index (κ1) is 21.2. The van der Waals surface area contributed by atoms with Gasteiger partial charge in [-0.1, -0.05) is 55.9 Å². The molecule has 7 heteroatoms. The molecule has 3 aromatic rings. The fourth-order valence-corrected chi connectivity index (χ4v) is 3.49. The lowest BCUT2D eigenvalue weighted by Gasteiger charge is -2.10. The Kier molecular flexibility index (Phi) is 6.79. The van der Waals surface area contributed by atoms with Crippen LogP contribution in [-0.2, 0) is 24.8 Å². The first-order chi connectivity index (χ1) is 13.9. The number of thioether (sulfide) groups is 1. The highest BCUT2D eigenvalue weighted by molar-refractivity contribution is 7.98. The number of rotatable bonds is 7. The Morgan fingerprint density at radius 2 is 1.66 bits per heavy atom. The predicted octanol–water partition coefficient (Wildman–Crippen LogP) is 6.70. The summed E-state index contributed by atoms with van der Waals surface area (Å²) in [5.74, 6) is 1.46. The standard InChI is InChI=1S/C22H21F3N2OS/c1-3-15-7-6-10-19(12-15)28-20-13-18(4-2)26-21(27-20)29-14-16-8-5-9-17(11-16)22(23,24)25/h5-13H,3-4,14H2,1-2H3. The van der Waals surface area contributed by atoms with Gasteiger partial charge in [0.05, 0.1) is 5.56 Å². The zero-order valence-corrected chi connectivity index (χ0v) is 17.0. The van der Waals surface area contributed by atoms with Gasteiger partial charge in [-0.3, -0.25) is 0 Å². The summed E-state index contributed by atoms with van der Waals surface area (Å²) in [4.78, 5) is 8.89. The molecule has 0 atom stereocenters. The van der Waals surface area contributed by atoms with Crippen LogP contribution in [0, 0.1) is 0 Å². The SMILES string of the molecule is CCc1cccc(Oc2cc(CC)nc(SCc3cccc(C(F)(F)F)c3)n2)c1. The molecule has 29 heavy (non-hydrogen) atoms. The molecule has 0 aliphatic heterocycles. The lowest BCUT2D eigenvalue weighted by molar-refractivity contribution is -0.137. The molecule has 0 radical (unpaired) electrons. The van der Waals surface area contributed by atoms with Gasteiger partial charge in [0.2, 0.25) is 5.88 Å².